The van der Waals surface area contributed by atoms with Crippen molar-refractivity contribution >= 4 is 23.4 Å². The Hall–Kier alpha value is -1.55. The van der Waals surface area contributed by atoms with Gasteiger partial charge in [0.05, 0.1) is 0 Å². The first-order chi connectivity index (χ1) is 9.90. The Labute approximate surface area is 130 Å². The zero-order chi connectivity index (χ0) is 15.6. The van der Waals surface area contributed by atoms with E-state index in [4.69, 9.17) is 11.6 Å². The second-order valence-corrected chi connectivity index (χ2v) is 6.31. The highest BCUT2D eigenvalue weighted by Crippen LogP contribution is 2.22. The standard InChI is InChI=1S/C16H21ClN2O2/c1-10(2)15-16(21)19(11(3)8-14(20)18-15)9-12-6-4-5-7-13(12)17/h4-7,10-11,15H,8-9H2,1-3H3,(H,18,20). The van der Waals surface area contributed by atoms with E-state index in [-0.39, 0.29) is 23.8 Å². The molecule has 1 aromatic rings. The van der Waals surface area contributed by atoms with E-state index in [0.717, 1.165) is 5.56 Å². The molecule has 1 aromatic carbocycles. The number of hydrogen-bond donors (Lipinski definition) is 1. The molecule has 1 fully saturated rings. The van der Waals surface area contributed by atoms with Crippen LogP contribution in [-0.2, 0) is 16.1 Å². The highest BCUT2D eigenvalue weighted by Gasteiger charge is 2.35. The third-order valence-corrected chi connectivity index (χ3v) is 4.21. The van der Waals surface area contributed by atoms with E-state index < -0.39 is 6.04 Å². The Morgan fingerprint density at radius 2 is 2.00 bits per heavy atom. The number of rotatable bonds is 3. The molecule has 21 heavy (non-hydrogen) atoms. The number of halogens is 1. The van der Waals surface area contributed by atoms with Gasteiger partial charge < -0.3 is 10.2 Å². The van der Waals surface area contributed by atoms with Crippen molar-refractivity contribution in [2.75, 3.05) is 0 Å². The van der Waals surface area contributed by atoms with E-state index in [9.17, 15) is 9.59 Å². The van der Waals surface area contributed by atoms with E-state index in [1.807, 2.05) is 45.0 Å². The molecule has 1 saturated heterocycles. The summed E-state index contributed by atoms with van der Waals surface area (Å²) >= 11 is 6.19. The first-order valence-electron chi connectivity index (χ1n) is 7.23. The van der Waals surface area contributed by atoms with Crippen LogP contribution in [0.25, 0.3) is 0 Å². The monoisotopic (exact) mass is 308 g/mol. The molecule has 0 aliphatic carbocycles. The van der Waals surface area contributed by atoms with Gasteiger partial charge in [-0.3, -0.25) is 9.59 Å². The Morgan fingerprint density at radius 1 is 1.33 bits per heavy atom. The van der Waals surface area contributed by atoms with E-state index >= 15 is 0 Å². The second-order valence-electron chi connectivity index (χ2n) is 5.90. The van der Waals surface area contributed by atoms with E-state index in [0.29, 0.717) is 18.0 Å². The molecule has 0 saturated carbocycles. The maximum absolute atomic E-state index is 12.7. The molecule has 5 heteroatoms. The summed E-state index contributed by atoms with van der Waals surface area (Å²) in [6, 6.07) is 6.88. The van der Waals surface area contributed by atoms with Crippen molar-refractivity contribution in [1.29, 1.82) is 0 Å². The zero-order valence-corrected chi connectivity index (χ0v) is 13.4. The van der Waals surface area contributed by atoms with Crippen LogP contribution in [0.4, 0.5) is 0 Å². The number of amides is 2. The zero-order valence-electron chi connectivity index (χ0n) is 12.6. The van der Waals surface area contributed by atoms with Gasteiger partial charge in [-0.2, -0.15) is 0 Å². The van der Waals surface area contributed by atoms with Crippen LogP contribution in [0.5, 0.6) is 0 Å². The predicted molar refractivity (Wildman–Crippen MR) is 82.8 cm³/mol. The topological polar surface area (TPSA) is 49.4 Å². The third-order valence-electron chi connectivity index (χ3n) is 3.84. The number of hydrogen-bond acceptors (Lipinski definition) is 2. The number of nitrogens with one attached hydrogen (secondary N) is 1. The first kappa shape index (κ1) is 15.8. The Morgan fingerprint density at radius 3 is 2.62 bits per heavy atom. The average Bonchev–Trinajstić information content (AvgIpc) is 2.52. The molecular weight excluding hydrogens is 288 g/mol. The van der Waals surface area contributed by atoms with Gasteiger partial charge in [0.25, 0.3) is 0 Å². The minimum Gasteiger partial charge on any atom is -0.344 e. The van der Waals surface area contributed by atoms with Gasteiger partial charge in [-0.1, -0.05) is 43.6 Å². The Kier molecular flexibility index (Phi) is 4.88. The lowest BCUT2D eigenvalue weighted by atomic mass is 10.0. The lowest BCUT2D eigenvalue weighted by Gasteiger charge is -2.30. The summed E-state index contributed by atoms with van der Waals surface area (Å²) in [5.41, 5.74) is 0.899. The molecule has 0 aromatic heterocycles. The predicted octanol–water partition coefficient (Wildman–Crippen LogP) is 2.60. The van der Waals surface area contributed by atoms with Crippen LogP contribution in [0.2, 0.25) is 5.02 Å². The first-order valence-corrected chi connectivity index (χ1v) is 7.61. The largest absolute Gasteiger partial charge is 0.344 e. The normalized spacial score (nSPS) is 23.2. The number of benzene rings is 1. The van der Waals surface area contributed by atoms with Gasteiger partial charge >= 0.3 is 0 Å². The van der Waals surface area contributed by atoms with Crippen molar-refractivity contribution in [3.8, 4) is 0 Å². The third kappa shape index (κ3) is 3.56. The molecule has 0 spiro atoms. The number of carbonyl (C=O) groups excluding carboxylic acids is 2. The lowest BCUT2D eigenvalue weighted by Crippen LogP contribution is -2.48. The molecule has 1 N–H and O–H groups in total. The van der Waals surface area contributed by atoms with Crippen LogP contribution < -0.4 is 5.32 Å². The summed E-state index contributed by atoms with van der Waals surface area (Å²) in [7, 11) is 0. The fraction of sp³-hybridized carbons (Fsp3) is 0.500. The molecule has 1 aliphatic heterocycles. The SMILES string of the molecule is CC(C)C1NC(=O)CC(C)N(Cc2ccccc2Cl)C1=O. The fourth-order valence-electron chi connectivity index (χ4n) is 2.56. The summed E-state index contributed by atoms with van der Waals surface area (Å²) in [5.74, 6) is -0.0556. The van der Waals surface area contributed by atoms with Crippen molar-refractivity contribution in [3.05, 3.63) is 34.9 Å². The maximum Gasteiger partial charge on any atom is 0.245 e. The average molecular weight is 309 g/mol. The van der Waals surface area contributed by atoms with Crippen molar-refractivity contribution < 1.29 is 9.59 Å². The van der Waals surface area contributed by atoms with Gasteiger partial charge in [0, 0.05) is 24.0 Å². The van der Waals surface area contributed by atoms with Crippen LogP contribution in [-0.4, -0.2) is 28.8 Å². The molecule has 2 amide bonds. The van der Waals surface area contributed by atoms with Crippen molar-refractivity contribution in [2.45, 2.75) is 45.8 Å². The van der Waals surface area contributed by atoms with Crippen molar-refractivity contribution in [2.24, 2.45) is 5.92 Å². The van der Waals surface area contributed by atoms with Gasteiger partial charge in [-0.15, -0.1) is 0 Å². The van der Waals surface area contributed by atoms with Crippen LogP contribution in [0, 0.1) is 5.92 Å². The summed E-state index contributed by atoms with van der Waals surface area (Å²) in [5, 5.41) is 3.47. The van der Waals surface area contributed by atoms with Gasteiger partial charge in [0.2, 0.25) is 11.8 Å². The molecule has 2 unspecified atom stereocenters. The maximum atomic E-state index is 12.7. The molecule has 2 rings (SSSR count). The quantitative estimate of drug-likeness (QED) is 0.933. The second kappa shape index (κ2) is 6.48. The van der Waals surface area contributed by atoms with E-state index in [1.54, 1.807) is 4.90 Å². The highest BCUT2D eigenvalue weighted by molar-refractivity contribution is 6.31. The number of carbonyl (C=O) groups is 2. The van der Waals surface area contributed by atoms with Crippen LogP contribution in [0.15, 0.2) is 24.3 Å². The molecule has 1 heterocycles. The van der Waals surface area contributed by atoms with Gasteiger partial charge in [0.15, 0.2) is 0 Å². The molecule has 114 valence electrons. The Bertz CT molecular complexity index is 545. The summed E-state index contributed by atoms with van der Waals surface area (Å²) in [4.78, 5) is 26.4. The summed E-state index contributed by atoms with van der Waals surface area (Å²) < 4.78 is 0. The van der Waals surface area contributed by atoms with Crippen molar-refractivity contribution in [3.63, 3.8) is 0 Å². The van der Waals surface area contributed by atoms with Crippen LogP contribution in [0.3, 0.4) is 0 Å². The Balaban J connectivity index is 2.28. The van der Waals surface area contributed by atoms with Gasteiger partial charge in [0.1, 0.15) is 6.04 Å². The van der Waals surface area contributed by atoms with Crippen LogP contribution >= 0.6 is 11.6 Å². The highest BCUT2D eigenvalue weighted by atomic mass is 35.5. The van der Waals surface area contributed by atoms with E-state index in [2.05, 4.69) is 5.32 Å². The smallest absolute Gasteiger partial charge is 0.245 e. The molecule has 1 aliphatic rings. The van der Waals surface area contributed by atoms with Crippen molar-refractivity contribution in [1.82, 2.24) is 10.2 Å². The summed E-state index contributed by atoms with van der Waals surface area (Å²) in [6.07, 6.45) is 0.319. The molecule has 0 bridgehead atoms. The minimum atomic E-state index is -0.468. The molecule has 0 radical (unpaired) electrons. The minimum absolute atomic E-state index is 0.0386. The van der Waals surface area contributed by atoms with E-state index in [1.165, 1.54) is 0 Å². The molecule has 2 atom stereocenters. The van der Waals surface area contributed by atoms with Gasteiger partial charge in [-0.05, 0) is 24.5 Å². The van der Waals surface area contributed by atoms with Crippen LogP contribution in [0.1, 0.15) is 32.8 Å². The number of nitrogens with zero attached hydrogens (tertiary/aromatic N) is 1. The fourth-order valence-corrected chi connectivity index (χ4v) is 2.76. The molecular formula is C16H21ClN2O2. The lowest BCUT2D eigenvalue weighted by molar-refractivity contribution is -0.136. The summed E-state index contributed by atoms with van der Waals surface area (Å²) in [6.45, 7) is 6.20. The van der Waals surface area contributed by atoms with Gasteiger partial charge in [-0.25, -0.2) is 0 Å². The molecule has 4 nitrogen and oxygen atoms in total.